The maximum absolute atomic E-state index is 13.8. The van der Waals surface area contributed by atoms with Gasteiger partial charge < -0.3 is 25.0 Å². The summed E-state index contributed by atoms with van der Waals surface area (Å²) in [7, 11) is 1.20. The smallest absolute Gasteiger partial charge is 0.408 e. The number of amides is 3. The topological polar surface area (TPSA) is 114 Å². The van der Waals surface area contributed by atoms with Crippen molar-refractivity contribution in [3.8, 4) is 12.3 Å². The van der Waals surface area contributed by atoms with Crippen molar-refractivity contribution >= 4 is 23.9 Å². The van der Waals surface area contributed by atoms with E-state index < -0.39 is 48.1 Å². The minimum Gasteiger partial charge on any atom is -0.468 e. The molecule has 9 nitrogen and oxygen atoms in total. The largest absolute Gasteiger partial charge is 0.468 e. The summed E-state index contributed by atoms with van der Waals surface area (Å²) >= 11 is 0. The molecule has 2 unspecified atom stereocenters. The molecule has 3 amide bonds. The van der Waals surface area contributed by atoms with Crippen LogP contribution in [-0.4, -0.2) is 60.6 Å². The van der Waals surface area contributed by atoms with Gasteiger partial charge in [0, 0.05) is 12.1 Å². The molecule has 0 saturated carbocycles. The predicted molar refractivity (Wildman–Crippen MR) is 132 cm³/mol. The molecular formula is C26H35N3O6. The molecule has 9 heteroatoms. The number of nitrogens with one attached hydrogen (secondary N) is 2. The Hall–Kier alpha value is -3.80. The van der Waals surface area contributed by atoms with Crippen molar-refractivity contribution in [3.05, 3.63) is 48.0 Å². The second-order valence-corrected chi connectivity index (χ2v) is 9.08. The Morgan fingerprint density at radius 1 is 1.20 bits per heavy atom. The molecule has 0 radical (unpaired) electrons. The van der Waals surface area contributed by atoms with Gasteiger partial charge in [-0.2, -0.15) is 0 Å². The number of ether oxygens (including phenoxy) is 2. The summed E-state index contributed by atoms with van der Waals surface area (Å²) in [6.07, 6.45) is 6.36. The predicted octanol–water partition coefficient (Wildman–Crippen LogP) is 2.56. The molecule has 0 bridgehead atoms. The molecule has 1 aromatic rings. The third kappa shape index (κ3) is 8.81. The van der Waals surface area contributed by atoms with Crippen LogP contribution in [0.2, 0.25) is 0 Å². The molecule has 0 aliphatic carbocycles. The number of carbonyl (C=O) groups excluding carboxylic acids is 4. The summed E-state index contributed by atoms with van der Waals surface area (Å²) in [6.45, 7) is 11.9. The summed E-state index contributed by atoms with van der Waals surface area (Å²) in [5.74, 6) is 0.336. The van der Waals surface area contributed by atoms with Crippen molar-refractivity contribution in [2.24, 2.45) is 5.92 Å². The van der Waals surface area contributed by atoms with Crippen LogP contribution < -0.4 is 10.6 Å². The molecule has 1 aromatic carbocycles. The van der Waals surface area contributed by atoms with Gasteiger partial charge in [-0.15, -0.1) is 13.0 Å². The highest BCUT2D eigenvalue weighted by atomic mass is 16.6. The second kappa shape index (κ2) is 13.2. The molecule has 2 N–H and O–H groups in total. The number of nitrogens with zero attached hydrogens (tertiary/aromatic N) is 1. The molecule has 0 saturated heterocycles. The number of esters is 1. The molecule has 2 atom stereocenters. The average molecular weight is 486 g/mol. The van der Waals surface area contributed by atoms with Gasteiger partial charge in [0.15, 0.2) is 0 Å². The zero-order valence-electron chi connectivity index (χ0n) is 21.2. The van der Waals surface area contributed by atoms with Crippen LogP contribution in [0.25, 0.3) is 0 Å². The quantitative estimate of drug-likeness (QED) is 0.299. The molecule has 0 fully saturated rings. The summed E-state index contributed by atoms with van der Waals surface area (Å²) < 4.78 is 9.91. The minimum atomic E-state index is -1.21. The van der Waals surface area contributed by atoms with E-state index in [0.717, 1.165) is 0 Å². The van der Waals surface area contributed by atoms with Gasteiger partial charge in [-0.25, -0.2) is 4.79 Å². The first-order valence-electron chi connectivity index (χ1n) is 11.2. The number of methoxy groups -OCH3 is 1. The number of hydrogen-bond donors (Lipinski definition) is 2. The lowest BCUT2D eigenvalue weighted by Crippen LogP contribution is -2.55. The van der Waals surface area contributed by atoms with Crippen LogP contribution in [-0.2, 0) is 23.9 Å². The zero-order chi connectivity index (χ0) is 26.8. The van der Waals surface area contributed by atoms with Crippen molar-refractivity contribution in [2.75, 3.05) is 20.2 Å². The van der Waals surface area contributed by atoms with Gasteiger partial charge in [0.05, 0.1) is 7.11 Å². The van der Waals surface area contributed by atoms with Crippen LogP contribution in [0.4, 0.5) is 4.79 Å². The molecule has 190 valence electrons. The first-order valence-corrected chi connectivity index (χ1v) is 11.2. The Bertz CT molecular complexity index is 974. The van der Waals surface area contributed by atoms with E-state index in [2.05, 4.69) is 27.9 Å². The van der Waals surface area contributed by atoms with Gasteiger partial charge in [0.2, 0.25) is 11.8 Å². The first kappa shape index (κ1) is 29.2. The number of carbonyl (C=O) groups is 4. The van der Waals surface area contributed by atoms with Crippen LogP contribution in [0.1, 0.15) is 51.8 Å². The molecule has 0 spiro atoms. The number of rotatable bonds is 10. The monoisotopic (exact) mass is 485 g/mol. The summed E-state index contributed by atoms with van der Waals surface area (Å²) in [4.78, 5) is 52.5. The molecule has 0 aliphatic heterocycles. The maximum Gasteiger partial charge on any atom is 0.408 e. The van der Waals surface area contributed by atoms with Crippen LogP contribution in [0, 0.1) is 18.3 Å². The standard InChI is InChI=1S/C26H35N3O6/c1-9-15-29(24(32)21(17(3)4)28-25(33)35-26(5,6)7)22(23(31)27-16-20(30)34-8)19-14-12-11-13-18(19)10-2/h2,9,11-14,17,21-22H,1,15-16H2,3-8H3,(H,27,31)(H,28,33). The van der Waals surface area contributed by atoms with Gasteiger partial charge >= 0.3 is 12.1 Å². The molecule has 0 aromatic heterocycles. The van der Waals surface area contributed by atoms with E-state index in [0.29, 0.717) is 11.1 Å². The Morgan fingerprint density at radius 2 is 1.83 bits per heavy atom. The van der Waals surface area contributed by atoms with Crippen LogP contribution >= 0.6 is 0 Å². The van der Waals surface area contributed by atoms with Gasteiger partial charge in [0.1, 0.15) is 24.2 Å². The summed E-state index contributed by atoms with van der Waals surface area (Å²) in [5.41, 5.74) is 0.0125. The van der Waals surface area contributed by atoms with E-state index in [1.54, 1.807) is 58.9 Å². The average Bonchev–Trinajstić information content (AvgIpc) is 2.79. The van der Waals surface area contributed by atoms with E-state index >= 15 is 0 Å². The Morgan fingerprint density at radius 3 is 2.34 bits per heavy atom. The number of hydrogen-bond acceptors (Lipinski definition) is 6. The lowest BCUT2D eigenvalue weighted by Gasteiger charge is -2.35. The number of alkyl carbamates (subject to hydrolysis) is 1. The van der Waals surface area contributed by atoms with Crippen LogP contribution in [0.15, 0.2) is 36.9 Å². The SMILES string of the molecule is C#Cc1ccccc1C(C(=O)NCC(=O)OC)N(CC=C)C(=O)C(NC(=O)OC(C)(C)C)C(C)C. The highest BCUT2D eigenvalue weighted by Gasteiger charge is 2.37. The zero-order valence-corrected chi connectivity index (χ0v) is 21.2. The van der Waals surface area contributed by atoms with Gasteiger partial charge in [0.25, 0.3) is 0 Å². The van der Waals surface area contributed by atoms with Crippen molar-refractivity contribution < 1.29 is 28.7 Å². The summed E-state index contributed by atoms with van der Waals surface area (Å²) in [6, 6.07) is 4.45. The molecule has 0 aliphatic rings. The highest BCUT2D eigenvalue weighted by Crippen LogP contribution is 2.26. The lowest BCUT2D eigenvalue weighted by molar-refractivity contribution is -0.144. The highest BCUT2D eigenvalue weighted by molar-refractivity contribution is 5.93. The Balaban J connectivity index is 3.49. The molecular weight excluding hydrogens is 450 g/mol. The van der Waals surface area contributed by atoms with E-state index in [4.69, 9.17) is 11.2 Å². The van der Waals surface area contributed by atoms with Crippen molar-refractivity contribution in [2.45, 2.75) is 52.3 Å². The van der Waals surface area contributed by atoms with Gasteiger partial charge in [-0.3, -0.25) is 14.4 Å². The fraction of sp³-hybridized carbons (Fsp3) is 0.462. The molecule has 35 heavy (non-hydrogen) atoms. The van der Waals surface area contributed by atoms with E-state index in [1.165, 1.54) is 18.1 Å². The van der Waals surface area contributed by atoms with E-state index in [1.807, 2.05) is 0 Å². The van der Waals surface area contributed by atoms with Crippen molar-refractivity contribution in [1.82, 2.24) is 15.5 Å². The fourth-order valence-electron chi connectivity index (χ4n) is 3.23. The van der Waals surface area contributed by atoms with Gasteiger partial charge in [-0.05, 0) is 38.3 Å². The number of benzene rings is 1. The maximum atomic E-state index is 13.8. The first-order chi connectivity index (χ1) is 16.4. The molecule has 0 heterocycles. The van der Waals surface area contributed by atoms with E-state index in [9.17, 15) is 19.2 Å². The second-order valence-electron chi connectivity index (χ2n) is 9.08. The van der Waals surface area contributed by atoms with E-state index in [-0.39, 0.29) is 12.5 Å². The third-order valence-corrected chi connectivity index (χ3v) is 4.82. The molecule has 1 rings (SSSR count). The van der Waals surface area contributed by atoms with Crippen LogP contribution in [0.5, 0.6) is 0 Å². The summed E-state index contributed by atoms with van der Waals surface area (Å²) in [5, 5.41) is 5.11. The lowest BCUT2D eigenvalue weighted by atomic mass is 9.96. The number of terminal acetylenes is 1. The Kier molecular flexibility index (Phi) is 11.0. The van der Waals surface area contributed by atoms with Crippen molar-refractivity contribution in [1.29, 1.82) is 0 Å². The fourth-order valence-corrected chi connectivity index (χ4v) is 3.23. The minimum absolute atomic E-state index is 0.0345. The Labute approximate surface area is 207 Å². The van der Waals surface area contributed by atoms with Crippen LogP contribution in [0.3, 0.4) is 0 Å². The van der Waals surface area contributed by atoms with Crippen molar-refractivity contribution in [3.63, 3.8) is 0 Å². The third-order valence-electron chi connectivity index (χ3n) is 4.82. The normalized spacial score (nSPS) is 12.5. The van der Waals surface area contributed by atoms with Gasteiger partial charge in [-0.1, -0.05) is 44.0 Å².